The van der Waals surface area contributed by atoms with Crippen molar-refractivity contribution in [2.24, 2.45) is 0 Å². The Hall–Kier alpha value is -1.88. The molecule has 98 valence electrons. The predicted octanol–water partition coefficient (Wildman–Crippen LogP) is 3.81. The van der Waals surface area contributed by atoms with Crippen molar-refractivity contribution >= 4 is 24.2 Å². The van der Waals surface area contributed by atoms with Crippen LogP contribution in [-0.4, -0.2) is 5.91 Å². The summed E-state index contributed by atoms with van der Waals surface area (Å²) >= 11 is 3.91. The SMILES string of the molecule is Cc1ccc(F)cc1NC(=O)c1ccc(F)c(S)c1. The Balaban J connectivity index is 2.25. The average Bonchev–Trinajstić information content (AvgIpc) is 2.37. The summed E-state index contributed by atoms with van der Waals surface area (Å²) in [7, 11) is 0. The van der Waals surface area contributed by atoms with Crippen LogP contribution in [-0.2, 0) is 0 Å². The van der Waals surface area contributed by atoms with Crippen molar-refractivity contribution in [1.82, 2.24) is 0 Å². The molecule has 0 saturated heterocycles. The summed E-state index contributed by atoms with van der Waals surface area (Å²) in [6.07, 6.45) is 0. The van der Waals surface area contributed by atoms with Gasteiger partial charge in [-0.05, 0) is 42.8 Å². The molecule has 2 aromatic rings. The predicted molar refractivity (Wildman–Crippen MR) is 72.7 cm³/mol. The summed E-state index contributed by atoms with van der Waals surface area (Å²) in [5.74, 6) is -1.37. The topological polar surface area (TPSA) is 29.1 Å². The molecule has 2 aromatic carbocycles. The van der Waals surface area contributed by atoms with Crippen LogP contribution >= 0.6 is 12.6 Å². The third-order valence-corrected chi connectivity index (χ3v) is 3.00. The average molecular weight is 279 g/mol. The highest BCUT2D eigenvalue weighted by Crippen LogP contribution is 2.19. The molecule has 0 aliphatic rings. The van der Waals surface area contributed by atoms with Gasteiger partial charge in [-0.2, -0.15) is 0 Å². The van der Waals surface area contributed by atoms with Gasteiger partial charge in [-0.25, -0.2) is 8.78 Å². The fraction of sp³-hybridized carbons (Fsp3) is 0.0714. The summed E-state index contributed by atoms with van der Waals surface area (Å²) in [4.78, 5) is 12.0. The zero-order chi connectivity index (χ0) is 14.0. The number of benzene rings is 2. The van der Waals surface area contributed by atoms with Gasteiger partial charge in [-0.3, -0.25) is 4.79 Å². The zero-order valence-electron chi connectivity index (χ0n) is 10.1. The van der Waals surface area contributed by atoms with Crippen LogP contribution in [0.2, 0.25) is 0 Å². The molecule has 0 aromatic heterocycles. The first-order chi connectivity index (χ1) is 8.97. The van der Waals surface area contributed by atoms with Crippen molar-refractivity contribution < 1.29 is 13.6 Å². The number of anilines is 1. The van der Waals surface area contributed by atoms with Gasteiger partial charge in [0.05, 0.1) is 0 Å². The Labute approximate surface area is 114 Å². The molecule has 0 aliphatic heterocycles. The number of aryl methyl sites for hydroxylation is 1. The summed E-state index contributed by atoms with van der Waals surface area (Å²) in [6.45, 7) is 1.75. The van der Waals surface area contributed by atoms with Gasteiger partial charge in [0.25, 0.3) is 5.91 Å². The standard InChI is InChI=1S/C14H11F2NOS/c1-8-2-4-10(15)7-12(8)17-14(18)9-3-5-11(16)13(19)6-9/h2-7,19H,1H3,(H,17,18). The van der Waals surface area contributed by atoms with Crippen LogP contribution < -0.4 is 5.32 Å². The van der Waals surface area contributed by atoms with E-state index in [0.29, 0.717) is 5.69 Å². The highest BCUT2D eigenvalue weighted by molar-refractivity contribution is 7.80. The highest BCUT2D eigenvalue weighted by Gasteiger charge is 2.10. The molecule has 0 aliphatic carbocycles. The number of hydrogen-bond donors (Lipinski definition) is 2. The second kappa shape index (κ2) is 5.40. The maximum Gasteiger partial charge on any atom is 0.255 e. The molecule has 0 unspecified atom stereocenters. The van der Waals surface area contributed by atoms with Crippen molar-refractivity contribution in [1.29, 1.82) is 0 Å². The second-order valence-corrected chi connectivity index (χ2v) is 4.56. The fourth-order valence-corrected chi connectivity index (χ4v) is 1.79. The summed E-state index contributed by atoms with van der Waals surface area (Å²) in [6, 6.07) is 7.95. The van der Waals surface area contributed by atoms with Gasteiger partial charge in [0.15, 0.2) is 0 Å². The van der Waals surface area contributed by atoms with Gasteiger partial charge in [0.1, 0.15) is 11.6 Å². The van der Waals surface area contributed by atoms with Gasteiger partial charge < -0.3 is 5.32 Å². The van der Waals surface area contributed by atoms with E-state index in [-0.39, 0.29) is 10.5 Å². The molecule has 0 spiro atoms. The molecule has 2 rings (SSSR count). The summed E-state index contributed by atoms with van der Waals surface area (Å²) in [5.41, 5.74) is 1.38. The molecule has 0 radical (unpaired) electrons. The molecule has 5 heteroatoms. The maximum absolute atomic E-state index is 13.1. The van der Waals surface area contributed by atoms with Crippen molar-refractivity contribution in [2.45, 2.75) is 11.8 Å². The lowest BCUT2D eigenvalue weighted by Crippen LogP contribution is -2.13. The molecule has 0 atom stereocenters. The summed E-state index contributed by atoms with van der Waals surface area (Å²) in [5, 5.41) is 2.58. The molecule has 19 heavy (non-hydrogen) atoms. The minimum absolute atomic E-state index is 0.0867. The lowest BCUT2D eigenvalue weighted by Gasteiger charge is -2.09. The molecule has 2 nitrogen and oxygen atoms in total. The van der Waals surface area contributed by atoms with E-state index < -0.39 is 17.5 Å². The number of nitrogens with one attached hydrogen (secondary N) is 1. The number of carbonyl (C=O) groups is 1. The quantitative estimate of drug-likeness (QED) is 0.804. The lowest BCUT2D eigenvalue weighted by atomic mass is 10.1. The van der Waals surface area contributed by atoms with E-state index in [4.69, 9.17) is 0 Å². The molecular formula is C14H11F2NOS. The third kappa shape index (κ3) is 3.12. The fourth-order valence-electron chi connectivity index (χ4n) is 1.58. The summed E-state index contributed by atoms with van der Waals surface area (Å²) < 4.78 is 26.2. The van der Waals surface area contributed by atoms with Gasteiger partial charge in [-0.1, -0.05) is 6.07 Å². The van der Waals surface area contributed by atoms with E-state index in [1.165, 1.54) is 24.3 Å². The normalized spacial score (nSPS) is 10.3. The molecule has 0 heterocycles. The third-order valence-electron chi connectivity index (χ3n) is 2.66. The smallest absolute Gasteiger partial charge is 0.255 e. The Morgan fingerprint density at radius 3 is 2.58 bits per heavy atom. The number of rotatable bonds is 2. The molecule has 0 saturated carbocycles. The zero-order valence-corrected chi connectivity index (χ0v) is 11.0. The largest absolute Gasteiger partial charge is 0.322 e. The van der Waals surface area contributed by atoms with Crippen molar-refractivity contribution in [3.05, 3.63) is 59.2 Å². The van der Waals surface area contributed by atoms with Gasteiger partial charge in [0, 0.05) is 16.1 Å². The first-order valence-electron chi connectivity index (χ1n) is 5.53. The van der Waals surface area contributed by atoms with Crippen LogP contribution in [0.3, 0.4) is 0 Å². The van der Waals surface area contributed by atoms with E-state index in [1.54, 1.807) is 13.0 Å². The van der Waals surface area contributed by atoms with Crippen LogP contribution in [0.1, 0.15) is 15.9 Å². The van der Waals surface area contributed by atoms with Crippen LogP contribution in [0.25, 0.3) is 0 Å². The Morgan fingerprint density at radius 2 is 1.89 bits per heavy atom. The van der Waals surface area contributed by atoms with Gasteiger partial charge in [-0.15, -0.1) is 12.6 Å². The number of carbonyl (C=O) groups excluding carboxylic acids is 1. The first-order valence-corrected chi connectivity index (χ1v) is 5.98. The van der Waals surface area contributed by atoms with Crippen molar-refractivity contribution in [2.75, 3.05) is 5.32 Å². The highest BCUT2D eigenvalue weighted by atomic mass is 32.1. The van der Waals surface area contributed by atoms with Crippen LogP contribution in [0, 0.1) is 18.6 Å². The molecule has 0 fully saturated rings. The van der Waals surface area contributed by atoms with Crippen molar-refractivity contribution in [3.63, 3.8) is 0 Å². The number of thiol groups is 1. The maximum atomic E-state index is 13.1. The van der Waals surface area contributed by atoms with E-state index in [1.807, 2.05) is 0 Å². The lowest BCUT2D eigenvalue weighted by molar-refractivity contribution is 0.102. The Kier molecular flexibility index (Phi) is 3.85. The van der Waals surface area contributed by atoms with E-state index in [2.05, 4.69) is 17.9 Å². The van der Waals surface area contributed by atoms with E-state index in [0.717, 1.165) is 11.6 Å². The van der Waals surface area contributed by atoms with Gasteiger partial charge in [0.2, 0.25) is 0 Å². The van der Waals surface area contributed by atoms with E-state index >= 15 is 0 Å². The minimum Gasteiger partial charge on any atom is -0.322 e. The molecule has 0 bridgehead atoms. The van der Waals surface area contributed by atoms with Crippen LogP contribution in [0.4, 0.5) is 14.5 Å². The van der Waals surface area contributed by atoms with E-state index in [9.17, 15) is 13.6 Å². The first kappa shape index (κ1) is 13.5. The second-order valence-electron chi connectivity index (χ2n) is 4.08. The Bertz CT molecular complexity index is 643. The monoisotopic (exact) mass is 279 g/mol. The molecule has 1 N–H and O–H groups in total. The van der Waals surface area contributed by atoms with Crippen LogP contribution in [0.5, 0.6) is 0 Å². The minimum atomic E-state index is -0.498. The van der Waals surface area contributed by atoms with Gasteiger partial charge >= 0.3 is 0 Å². The molecular weight excluding hydrogens is 268 g/mol. The number of hydrogen-bond acceptors (Lipinski definition) is 2. The Morgan fingerprint density at radius 1 is 1.16 bits per heavy atom. The van der Waals surface area contributed by atoms with Crippen LogP contribution in [0.15, 0.2) is 41.3 Å². The van der Waals surface area contributed by atoms with Crippen molar-refractivity contribution in [3.8, 4) is 0 Å². The molecule has 1 amide bonds. The number of halogens is 2. The number of amides is 1.